The van der Waals surface area contributed by atoms with Crippen molar-refractivity contribution in [3.63, 3.8) is 0 Å². The van der Waals surface area contributed by atoms with Gasteiger partial charge < -0.3 is 26.2 Å². The normalized spacial score (nSPS) is 18.4. The summed E-state index contributed by atoms with van der Waals surface area (Å²) >= 11 is 1.11. The number of likely N-dealkylation sites (tertiary alicyclic amines) is 1. The van der Waals surface area contributed by atoms with E-state index in [2.05, 4.69) is 71.0 Å². The van der Waals surface area contributed by atoms with Gasteiger partial charge in [0, 0.05) is 39.9 Å². The Morgan fingerprint density at radius 1 is 0.984 bits per heavy atom. The van der Waals surface area contributed by atoms with E-state index in [1.807, 2.05) is 59.9 Å². The van der Waals surface area contributed by atoms with Crippen LogP contribution < -0.4 is 25.6 Å². The average molecular weight is 913 g/mol. The number of carbonyl (C=O) groups is 5. The van der Waals surface area contributed by atoms with E-state index in [9.17, 15) is 24.0 Å². The first kappa shape index (κ1) is 55.0. The number of pyridine rings is 1. The van der Waals surface area contributed by atoms with E-state index in [1.54, 1.807) is 27.5 Å². The Hall–Kier alpha value is -4.12. The molecule has 5 amide bonds. The number of urea groups is 1. The Morgan fingerprint density at radius 2 is 1.63 bits per heavy atom. The fourth-order valence-electron chi connectivity index (χ4n) is 7.67. The molecular formula is C47H76N8O6S2. The number of rotatable bonds is 18. The number of anilines is 1. The zero-order chi connectivity index (χ0) is 45.8. The van der Waals surface area contributed by atoms with E-state index in [-0.39, 0.29) is 49.2 Å². The molecule has 16 heteroatoms. The highest BCUT2D eigenvalue weighted by Crippen LogP contribution is 2.38. The number of hydroxylamine groups is 2. The Labute approximate surface area is 388 Å². The van der Waals surface area contributed by atoms with Crippen molar-refractivity contribution in [2.45, 2.75) is 137 Å². The average Bonchev–Trinajstić information content (AvgIpc) is 3.84. The highest BCUT2D eigenvalue weighted by molar-refractivity contribution is 7.96. The predicted octanol–water partition coefficient (Wildman–Crippen LogP) is 7.34. The summed E-state index contributed by atoms with van der Waals surface area (Å²) in [6.07, 6.45) is 19.1. The fourth-order valence-corrected chi connectivity index (χ4v) is 8.13. The van der Waals surface area contributed by atoms with Gasteiger partial charge in [0.1, 0.15) is 30.1 Å². The maximum absolute atomic E-state index is 14.7. The van der Waals surface area contributed by atoms with Gasteiger partial charge in [0.25, 0.3) is 5.91 Å². The van der Waals surface area contributed by atoms with Crippen molar-refractivity contribution in [1.82, 2.24) is 36.2 Å². The quantitative estimate of drug-likeness (QED) is 0.0385. The van der Waals surface area contributed by atoms with Crippen LogP contribution in [0.1, 0.15) is 113 Å². The molecule has 4 atom stereocenters. The predicted molar refractivity (Wildman–Crippen MR) is 260 cm³/mol. The standard InChI is InChI=1S/C42H60N8O6S.C3H8.C2H6.H2S/c1-7-21-44-39(53)37(51)32(24-28-15-13-16-28)45-38(52)33-19-14-23-50(33)40(54)36(31-25-29-17-9-8-10-18-30(29)26-31)47-41(55)46-34(42(2,3)4)27-48(5)56-57-49(6)35-20-11-12-22-43-35;1-3-2;1-2;/h7,9-12,17-18,20,22,28,31-34,36H,1,8,13-16,19,21,23-27H2,2-6H3,(H,44,53)(H,45,52)(H2,46,47,55);3H2,1-2H3;1-2H3;1H2. The van der Waals surface area contributed by atoms with Crippen molar-refractivity contribution in [2.75, 3.05) is 38.0 Å². The molecule has 1 saturated heterocycles. The van der Waals surface area contributed by atoms with E-state index in [0.29, 0.717) is 45.2 Å². The second kappa shape index (κ2) is 27.9. The molecule has 1 aromatic heterocycles. The van der Waals surface area contributed by atoms with Crippen LogP contribution in [0.25, 0.3) is 0 Å². The SMILES string of the molecule is C=CCNC(=O)C(=O)C(CC1CCC1)NC(=O)C1CCCN1C(=O)C(NC(=O)NC(CN(C)OSN(C)c1ccccn1)C(C)(C)C)C1CC2=C(C=CCC=C2)C1.CC.CCC.S. The monoisotopic (exact) mass is 913 g/mol. The summed E-state index contributed by atoms with van der Waals surface area (Å²) in [5, 5.41) is 13.2. The maximum Gasteiger partial charge on any atom is 0.315 e. The van der Waals surface area contributed by atoms with Gasteiger partial charge in [0.15, 0.2) is 0 Å². The van der Waals surface area contributed by atoms with Crippen molar-refractivity contribution >= 4 is 61.1 Å². The summed E-state index contributed by atoms with van der Waals surface area (Å²) in [6, 6.07) is 1.96. The Kier molecular flexibility index (Phi) is 24.4. The lowest BCUT2D eigenvalue weighted by Crippen LogP contribution is -2.60. The number of Topliss-reactive ketones (excluding diaryl/α,β-unsaturated/α-hetero) is 1. The van der Waals surface area contributed by atoms with Gasteiger partial charge >= 0.3 is 6.03 Å². The van der Waals surface area contributed by atoms with E-state index in [4.69, 9.17) is 4.28 Å². The molecule has 1 aromatic rings. The van der Waals surface area contributed by atoms with E-state index < -0.39 is 41.8 Å². The molecule has 4 unspecified atom stereocenters. The zero-order valence-corrected chi connectivity index (χ0v) is 41.0. The van der Waals surface area contributed by atoms with Crippen LogP contribution in [0.15, 0.2) is 72.5 Å². The number of aromatic nitrogens is 1. The number of hydrogen-bond acceptors (Lipinski definition) is 10. The van der Waals surface area contributed by atoms with Crippen molar-refractivity contribution in [3.05, 3.63) is 72.5 Å². The minimum absolute atomic E-state index is 0. The third kappa shape index (κ3) is 17.1. The van der Waals surface area contributed by atoms with Gasteiger partial charge in [-0.15, -0.1) is 6.58 Å². The lowest BCUT2D eigenvalue weighted by Gasteiger charge is -2.36. The number of amides is 5. The van der Waals surface area contributed by atoms with Crippen LogP contribution in [0.4, 0.5) is 10.6 Å². The smallest absolute Gasteiger partial charge is 0.315 e. The molecule has 2 heterocycles. The highest BCUT2D eigenvalue weighted by Gasteiger charge is 2.44. The second-order valence-electron chi connectivity index (χ2n) is 17.3. The van der Waals surface area contributed by atoms with Crippen LogP contribution in [0.3, 0.4) is 0 Å². The largest absolute Gasteiger partial charge is 0.346 e. The number of nitrogens with zero attached hydrogens (tertiary/aromatic N) is 4. The van der Waals surface area contributed by atoms with E-state index >= 15 is 0 Å². The molecule has 1 saturated carbocycles. The van der Waals surface area contributed by atoms with Crippen molar-refractivity contribution < 1.29 is 28.3 Å². The molecule has 5 rings (SSSR count). The minimum atomic E-state index is -0.997. The number of hydrogen-bond donors (Lipinski definition) is 4. The zero-order valence-electron chi connectivity index (χ0n) is 39.2. The van der Waals surface area contributed by atoms with Gasteiger partial charge in [-0.2, -0.15) is 18.6 Å². The number of likely N-dealkylation sites (N-methyl/N-ethyl adjacent to an activating group) is 1. The lowest BCUT2D eigenvalue weighted by atomic mass is 9.80. The van der Waals surface area contributed by atoms with Gasteiger partial charge in [-0.05, 0) is 79.1 Å². The maximum atomic E-state index is 14.7. The molecule has 63 heavy (non-hydrogen) atoms. The first-order valence-electron chi connectivity index (χ1n) is 22.5. The molecule has 4 N–H and O–H groups in total. The van der Waals surface area contributed by atoms with Gasteiger partial charge in [-0.25, -0.2) is 14.1 Å². The molecule has 1 aliphatic heterocycles. The van der Waals surface area contributed by atoms with Crippen molar-refractivity contribution in [1.29, 1.82) is 0 Å². The molecule has 0 aromatic carbocycles. The molecule has 352 valence electrons. The molecular weight excluding hydrogens is 837 g/mol. The molecule has 4 aliphatic rings. The summed E-state index contributed by atoms with van der Waals surface area (Å²) in [7, 11) is 3.64. The van der Waals surface area contributed by atoms with Gasteiger partial charge in [-0.3, -0.25) is 23.5 Å². The van der Waals surface area contributed by atoms with E-state index in [1.165, 1.54) is 12.5 Å². The highest BCUT2D eigenvalue weighted by atomic mass is 32.2. The van der Waals surface area contributed by atoms with Gasteiger partial charge in [0.05, 0.1) is 12.1 Å². The first-order chi connectivity index (χ1) is 29.7. The Morgan fingerprint density at radius 3 is 2.19 bits per heavy atom. The molecule has 3 aliphatic carbocycles. The summed E-state index contributed by atoms with van der Waals surface area (Å²) in [5.74, 6) is -1.56. The molecule has 0 spiro atoms. The fraction of sp³-hybridized carbons (Fsp3) is 0.617. The summed E-state index contributed by atoms with van der Waals surface area (Å²) in [6.45, 7) is 18.7. The van der Waals surface area contributed by atoms with Gasteiger partial charge in [0.2, 0.25) is 17.6 Å². The first-order valence-corrected chi connectivity index (χ1v) is 23.2. The number of ketones is 1. The van der Waals surface area contributed by atoms with Crippen LogP contribution >= 0.6 is 25.7 Å². The number of carbonyl (C=O) groups excluding carboxylic acids is 5. The minimum Gasteiger partial charge on any atom is -0.346 e. The van der Waals surface area contributed by atoms with Crippen LogP contribution in [0.2, 0.25) is 0 Å². The summed E-state index contributed by atoms with van der Waals surface area (Å²) in [5.41, 5.74) is 1.88. The van der Waals surface area contributed by atoms with Crippen molar-refractivity contribution in [3.8, 4) is 0 Å². The van der Waals surface area contributed by atoms with Crippen molar-refractivity contribution in [2.24, 2.45) is 17.3 Å². The number of nitrogens with one attached hydrogen (secondary N) is 4. The molecule has 14 nitrogen and oxygen atoms in total. The van der Waals surface area contributed by atoms with Crippen LogP contribution in [0.5, 0.6) is 0 Å². The van der Waals surface area contributed by atoms with E-state index in [0.717, 1.165) is 54.9 Å². The topological polar surface area (TPSA) is 165 Å². The van der Waals surface area contributed by atoms with Crippen LogP contribution in [-0.4, -0.2) is 102 Å². The summed E-state index contributed by atoms with van der Waals surface area (Å²) in [4.78, 5) is 74.6. The summed E-state index contributed by atoms with van der Waals surface area (Å²) < 4.78 is 7.73. The Balaban J connectivity index is 0.00000218. The number of allylic oxidation sites excluding steroid dienone is 6. The lowest BCUT2D eigenvalue weighted by molar-refractivity contribution is -0.143. The molecule has 0 radical (unpaired) electrons. The Bertz CT molecular complexity index is 1710. The third-order valence-corrected chi connectivity index (χ3v) is 12.0. The second-order valence-corrected chi connectivity index (χ2v) is 18.1. The molecule has 0 bridgehead atoms. The third-order valence-electron chi connectivity index (χ3n) is 11.2. The van der Waals surface area contributed by atoms with Gasteiger partial charge in [-0.1, -0.05) is 111 Å². The van der Waals surface area contributed by atoms with Crippen LogP contribution in [-0.2, 0) is 23.5 Å². The van der Waals surface area contributed by atoms with Crippen LogP contribution in [0, 0.1) is 17.3 Å². The molecule has 2 fully saturated rings.